The van der Waals surface area contributed by atoms with Gasteiger partial charge in [-0.2, -0.15) is 0 Å². The maximum Gasteiger partial charge on any atom is 0.0741 e. The van der Waals surface area contributed by atoms with E-state index in [-0.39, 0.29) is 0 Å². The lowest BCUT2D eigenvalue weighted by atomic mass is 9.97. The van der Waals surface area contributed by atoms with Gasteiger partial charge in [0.05, 0.1) is 12.2 Å². The molecule has 2 heterocycles. The molecule has 0 aromatic rings. The highest BCUT2D eigenvalue weighted by Crippen LogP contribution is 2.21. The Kier molecular flexibility index (Phi) is 5.71. The molecule has 0 spiro atoms. The van der Waals surface area contributed by atoms with Gasteiger partial charge in [-0.15, -0.1) is 0 Å². The maximum absolute atomic E-state index is 5.78. The summed E-state index contributed by atoms with van der Waals surface area (Å²) in [5, 5.41) is 0. The summed E-state index contributed by atoms with van der Waals surface area (Å²) < 4.78 is 11.4. The molecule has 2 fully saturated rings. The van der Waals surface area contributed by atoms with Gasteiger partial charge in [-0.1, -0.05) is 0 Å². The van der Waals surface area contributed by atoms with Crippen LogP contribution in [-0.2, 0) is 9.47 Å². The summed E-state index contributed by atoms with van der Waals surface area (Å²) in [7, 11) is 0. The molecular formula is C13H26N2O2. The van der Waals surface area contributed by atoms with Crippen LogP contribution in [0.15, 0.2) is 0 Å². The highest BCUT2D eigenvalue weighted by Gasteiger charge is 2.24. The van der Waals surface area contributed by atoms with Crippen molar-refractivity contribution >= 4 is 0 Å². The van der Waals surface area contributed by atoms with Gasteiger partial charge in [0.2, 0.25) is 0 Å². The van der Waals surface area contributed by atoms with Crippen LogP contribution in [0.5, 0.6) is 0 Å². The number of nitrogens with two attached hydrogens (primary N) is 1. The van der Waals surface area contributed by atoms with Gasteiger partial charge in [-0.05, 0) is 51.4 Å². The summed E-state index contributed by atoms with van der Waals surface area (Å²) in [6.07, 6.45) is 10.4. The van der Waals surface area contributed by atoms with Crippen molar-refractivity contribution in [1.29, 1.82) is 0 Å². The predicted octanol–water partition coefficient (Wildman–Crippen LogP) is 1.74. The van der Waals surface area contributed by atoms with Crippen molar-refractivity contribution in [3.63, 3.8) is 0 Å². The molecule has 3 N–H and O–H groups in total. The third-order valence-electron chi connectivity index (χ3n) is 3.94. The minimum absolute atomic E-state index is 0.316. The monoisotopic (exact) mass is 242 g/mol. The molecule has 0 aromatic carbocycles. The summed E-state index contributed by atoms with van der Waals surface area (Å²) in [5.74, 6) is 5.64. The Morgan fingerprint density at radius 3 is 2.65 bits per heavy atom. The quantitative estimate of drug-likeness (QED) is 0.550. The molecular weight excluding hydrogens is 216 g/mol. The Bertz CT molecular complexity index is 202. The zero-order valence-corrected chi connectivity index (χ0v) is 10.7. The SMILES string of the molecule is NNC(CCCC1CCCO1)C1CCCCO1. The minimum atomic E-state index is 0.316. The van der Waals surface area contributed by atoms with E-state index in [9.17, 15) is 0 Å². The van der Waals surface area contributed by atoms with E-state index in [0.717, 1.165) is 26.1 Å². The second kappa shape index (κ2) is 7.31. The molecule has 3 unspecified atom stereocenters. The van der Waals surface area contributed by atoms with Crippen molar-refractivity contribution in [3.8, 4) is 0 Å². The number of nitrogens with one attached hydrogen (secondary N) is 1. The lowest BCUT2D eigenvalue weighted by molar-refractivity contribution is -0.0106. The number of ether oxygens (including phenoxy) is 2. The summed E-state index contributed by atoms with van der Waals surface area (Å²) in [5.41, 5.74) is 2.93. The van der Waals surface area contributed by atoms with Crippen molar-refractivity contribution in [2.75, 3.05) is 13.2 Å². The number of rotatable bonds is 6. The molecule has 2 aliphatic heterocycles. The highest BCUT2D eigenvalue weighted by atomic mass is 16.5. The van der Waals surface area contributed by atoms with E-state index >= 15 is 0 Å². The fourth-order valence-corrected chi connectivity index (χ4v) is 2.90. The van der Waals surface area contributed by atoms with Crippen LogP contribution >= 0.6 is 0 Å². The Labute approximate surface area is 104 Å². The average Bonchev–Trinajstić information content (AvgIpc) is 2.89. The number of hydrogen-bond donors (Lipinski definition) is 2. The predicted molar refractivity (Wildman–Crippen MR) is 67.5 cm³/mol. The first-order valence-electron chi connectivity index (χ1n) is 7.09. The van der Waals surface area contributed by atoms with E-state index in [2.05, 4.69) is 5.43 Å². The number of hydrogen-bond acceptors (Lipinski definition) is 4. The molecule has 4 heteroatoms. The van der Waals surface area contributed by atoms with E-state index in [1.807, 2.05) is 0 Å². The van der Waals surface area contributed by atoms with Gasteiger partial charge in [0.1, 0.15) is 0 Å². The van der Waals surface area contributed by atoms with E-state index in [1.165, 1.54) is 38.5 Å². The van der Waals surface area contributed by atoms with Crippen LogP contribution in [0.1, 0.15) is 51.4 Å². The number of hydrazine groups is 1. The second-order valence-corrected chi connectivity index (χ2v) is 5.24. The van der Waals surface area contributed by atoms with Gasteiger partial charge in [-0.25, -0.2) is 0 Å². The Hall–Kier alpha value is -0.160. The molecule has 3 atom stereocenters. The molecule has 0 amide bonds. The van der Waals surface area contributed by atoms with E-state index in [4.69, 9.17) is 15.3 Å². The van der Waals surface area contributed by atoms with E-state index in [1.54, 1.807) is 0 Å². The molecule has 17 heavy (non-hydrogen) atoms. The fourth-order valence-electron chi connectivity index (χ4n) is 2.90. The molecule has 0 saturated carbocycles. The molecule has 100 valence electrons. The van der Waals surface area contributed by atoms with Crippen LogP contribution in [0.4, 0.5) is 0 Å². The molecule has 0 aromatic heterocycles. The second-order valence-electron chi connectivity index (χ2n) is 5.24. The van der Waals surface area contributed by atoms with Crippen molar-refractivity contribution in [2.24, 2.45) is 5.84 Å². The topological polar surface area (TPSA) is 56.5 Å². The van der Waals surface area contributed by atoms with Gasteiger partial charge in [0.25, 0.3) is 0 Å². The van der Waals surface area contributed by atoms with Crippen LogP contribution in [0, 0.1) is 0 Å². The molecule has 2 saturated heterocycles. The zero-order chi connectivity index (χ0) is 11.9. The van der Waals surface area contributed by atoms with Crippen LogP contribution < -0.4 is 11.3 Å². The zero-order valence-electron chi connectivity index (χ0n) is 10.7. The highest BCUT2D eigenvalue weighted by molar-refractivity contribution is 4.78. The first-order chi connectivity index (χ1) is 8.40. The van der Waals surface area contributed by atoms with E-state index in [0.29, 0.717) is 18.2 Å². The first kappa shape index (κ1) is 13.3. The van der Waals surface area contributed by atoms with E-state index < -0.39 is 0 Å². The molecule has 2 aliphatic rings. The lowest BCUT2D eigenvalue weighted by Crippen LogP contribution is -2.46. The Morgan fingerprint density at radius 2 is 2.00 bits per heavy atom. The van der Waals surface area contributed by atoms with Gasteiger partial charge >= 0.3 is 0 Å². The smallest absolute Gasteiger partial charge is 0.0741 e. The molecule has 2 rings (SSSR count). The van der Waals surface area contributed by atoms with Gasteiger partial charge in [0, 0.05) is 19.3 Å². The Balaban J connectivity index is 1.63. The summed E-state index contributed by atoms with van der Waals surface area (Å²) in [6, 6.07) is 0.316. The molecule has 4 nitrogen and oxygen atoms in total. The van der Waals surface area contributed by atoms with Crippen molar-refractivity contribution in [2.45, 2.75) is 69.6 Å². The summed E-state index contributed by atoms with van der Waals surface area (Å²) in [4.78, 5) is 0. The molecule has 0 radical (unpaired) electrons. The maximum atomic E-state index is 5.78. The van der Waals surface area contributed by atoms with Crippen molar-refractivity contribution in [3.05, 3.63) is 0 Å². The van der Waals surface area contributed by atoms with Crippen molar-refractivity contribution < 1.29 is 9.47 Å². The van der Waals surface area contributed by atoms with Crippen molar-refractivity contribution in [1.82, 2.24) is 5.43 Å². The molecule has 0 aliphatic carbocycles. The summed E-state index contributed by atoms with van der Waals surface area (Å²) in [6.45, 7) is 1.85. The first-order valence-corrected chi connectivity index (χ1v) is 7.09. The van der Waals surface area contributed by atoms with Gasteiger partial charge < -0.3 is 9.47 Å². The van der Waals surface area contributed by atoms with Crippen LogP contribution in [-0.4, -0.2) is 31.5 Å². The molecule has 0 bridgehead atoms. The average molecular weight is 242 g/mol. The normalized spacial score (nSPS) is 31.6. The van der Waals surface area contributed by atoms with Crippen LogP contribution in [0.3, 0.4) is 0 Å². The third-order valence-corrected chi connectivity index (χ3v) is 3.94. The van der Waals surface area contributed by atoms with Crippen LogP contribution in [0.2, 0.25) is 0 Å². The Morgan fingerprint density at radius 1 is 1.12 bits per heavy atom. The standard InChI is InChI=1S/C13H26N2O2/c14-15-12(13-8-1-2-9-17-13)7-3-5-11-6-4-10-16-11/h11-13,15H,1-10,14H2. The largest absolute Gasteiger partial charge is 0.378 e. The third kappa shape index (κ3) is 4.21. The van der Waals surface area contributed by atoms with Gasteiger partial charge in [-0.3, -0.25) is 11.3 Å². The summed E-state index contributed by atoms with van der Waals surface area (Å²) >= 11 is 0. The lowest BCUT2D eigenvalue weighted by Gasteiger charge is -2.30. The minimum Gasteiger partial charge on any atom is -0.378 e. The van der Waals surface area contributed by atoms with Crippen LogP contribution in [0.25, 0.3) is 0 Å². The van der Waals surface area contributed by atoms with Gasteiger partial charge in [0.15, 0.2) is 0 Å². The fraction of sp³-hybridized carbons (Fsp3) is 1.00.